The summed E-state index contributed by atoms with van der Waals surface area (Å²) in [6.45, 7) is 3.44. The largest absolute Gasteiger partial charge is 0.493 e. The summed E-state index contributed by atoms with van der Waals surface area (Å²) >= 11 is 1.11. The number of fused-ring (bicyclic) bond motifs is 1. The lowest BCUT2D eigenvalue weighted by atomic mass is 9.98. The molecule has 1 heterocycles. The lowest BCUT2D eigenvalue weighted by Crippen LogP contribution is -2.34. The van der Waals surface area contributed by atoms with Gasteiger partial charge in [0.1, 0.15) is 24.9 Å². The van der Waals surface area contributed by atoms with E-state index in [2.05, 4.69) is 0 Å². The van der Waals surface area contributed by atoms with Crippen LogP contribution < -0.4 is 4.74 Å². The number of rotatable bonds is 11. The smallest absolute Gasteiger partial charge is 0.417 e. The number of ether oxygens (including phenoxy) is 2. The van der Waals surface area contributed by atoms with E-state index in [-0.39, 0.29) is 11.3 Å². The molecular formula is C28H30F6O3S. The van der Waals surface area contributed by atoms with Gasteiger partial charge in [-0.05, 0) is 54.1 Å². The van der Waals surface area contributed by atoms with Crippen LogP contribution in [-0.4, -0.2) is 25.4 Å². The van der Waals surface area contributed by atoms with Crippen molar-refractivity contribution in [2.75, 3.05) is 13.2 Å². The van der Waals surface area contributed by atoms with Gasteiger partial charge in [0, 0.05) is 15.1 Å². The summed E-state index contributed by atoms with van der Waals surface area (Å²) in [6, 6.07) is 10.6. The van der Waals surface area contributed by atoms with Gasteiger partial charge in [-0.1, -0.05) is 45.7 Å². The van der Waals surface area contributed by atoms with E-state index >= 15 is 0 Å². The molecule has 2 aromatic carbocycles. The maximum Gasteiger partial charge on any atom is 0.417 e. The molecule has 1 aromatic heterocycles. The van der Waals surface area contributed by atoms with Crippen LogP contribution in [-0.2, 0) is 22.1 Å². The highest BCUT2D eigenvalue weighted by Crippen LogP contribution is 2.42. The van der Waals surface area contributed by atoms with Crippen LogP contribution >= 0.6 is 11.3 Å². The maximum atomic E-state index is 13.9. The molecule has 0 N–H and O–H groups in total. The Kier molecular flexibility index (Phi) is 9.73. The van der Waals surface area contributed by atoms with Gasteiger partial charge < -0.3 is 9.47 Å². The Morgan fingerprint density at radius 2 is 1.68 bits per heavy atom. The van der Waals surface area contributed by atoms with Gasteiger partial charge in [0.05, 0.1) is 11.5 Å². The normalized spacial score (nSPS) is 13.2. The Morgan fingerprint density at radius 3 is 2.32 bits per heavy atom. The molecule has 0 aliphatic heterocycles. The van der Waals surface area contributed by atoms with Gasteiger partial charge in [0.2, 0.25) is 0 Å². The molecule has 0 aliphatic rings. The van der Waals surface area contributed by atoms with E-state index in [0.717, 1.165) is 30.6 Å². The lowest BCUT2D eigenvalue weighted by molar-refractivity contribution is -0.197. The standard InChI is InChI=1S/C28H30F6O3S/c1-4-5-6-7-18-8-11-22(23(12-18)28(32,33)34)25-13-19-9-10-21(14-24(19)38-25)36-15-20(27(29,30)31)16-37-26(35)17(2)3/h8-14,17,20H,4-7,15-16H2,1-3H3. The Labute approximate surface area is 221 Å². The van der Waals surface area contributed by atoms with Gasteiger partial charge in [-0.2, -0.15) is 26.3 Å². The van der Waals surface area contributed by atoms with Crippen LogP contribution in [0.25, 0.3) is 20.5 Å². The van der Waals surface area contributed by atoms with Crippen molar-refractivity contribution in [2.45, 2.75) is 58.8 Å². The number of alkyl halides is 6. The fourth-order valence-corrected chi connectivity index (χ4v) is 4.92. The lowest BCUT2D eigenvalue weighted by Gasteiger charge is -2.21. The first-order chi connectivity index (χ1) is 17.8. The maximum absolute atomic E-state index is 13.9. The predicted molar refractivity (Wildman–Crippen MR) is 136 cm³/mol. The Morgan fingerprint density at radius 1 is 0.947 bits per heavy atom. The minimum absolute atomic E-state index is 0.0597. The minimum Gasteiger partial charge on any atom is -0.493 e. The average Bonchev–Trinajstić information content (AvgIpc) is 3.25. The molecule has 3 aromatic rings. The van der Waals surface area contributed by atoms with Crippen molar-refractivity contribution in [3.63, 3.8) is 0 Å². The summed E-state index contributed by atoms with van der Waals surface area (Å²) in [5, 5.41) is 0.649. The molecule has 208 valence electrons. The van der Waals surface area contributed by atoms with E-state index in [1.807, 2.05) is 6.92 Å². The van der Waals surface area contributed by atoms with Gasteiger partial charge in [0.15, 0.2) is 0 Å². The van der Waals surface area contributed by atoms with Crippen molar-refractivity contribution in [3.8, 4) is 16.2 Å². The summed E-state index contributed by atoms with van der Waals surface area (Å²) < 4.78 is 92.6. The fraction of sp³-hybridized carbons (Fsp3) is 0.464. The Bertz CT molecular complexity index is 1230. The number of hydrogen-bond acceptors (Lipinski definition) is 4. The van der Waals surface area contributed by atoms with E-state index in [1.54, 1.807) is 18.2 Å². The summed E-state index contributed by atoms with van der Waals surface area (Å²) in [6.07, 6.45) is -5.88. The van der Waals surface area contributed by atoms with Crippen LogP contribution in [0.1, 0.15) is 51.2 Å². The van der Waals surface area contributed by atoms with E-state index in [9.17, 15) is 31.1 Å². The van der Waals surface area contributed by atoms with Crippen molar-refractivity contribution in [1.29, 1.82) is 0 Å². The molecule has 1 atom stereocenters. The summed E-state index contributed by atoms with van der Waals surface area (Å²) in [4.78, 5) is 12.0. The molecule has 0 saturated carbocycles. The van der Waals surface area contributed by atoms with E-state index in [0.29, 0.717) is 26.9 Å². The monoisotopic (exact) mass is 560 g/mol. The number of hydrogen-bond donors (Lipinski definition) is 0. The first kappa shape index (κ1) is 29.8. The highest BCUT2D eigenvalue weighted by molar-refractivity contribution is 7.22. The number of aryl methyl sites for hydroxylation is 1. The second-order valence-corrected chi connectivity index (χ2v) is 10.6. The van der Waals surface area contributed by atoms with Crippen molar-refractivity contribution in [2.24, 2.45) is 11.8 Å². The molecule has 0 amide bonds. The molecule has 0 aliphatic carbocycles. The van der Waals surface area contributed by atoms with Crippen LogP contribution in [0.3, 0.4) is 0 Å². The van der Waals surface area contributed by atoms with Crippen molar-refractivity contribution < 1.29 is 40.6 Å². The zero-order valence-electron chi connectivity index (χ0n) is 21.3. The molecule has 3 nitrogen and oxygen atoms in total. The molecule has 1 unspecified atom stereocenters. The summed E-state index contributed by atoms with van der Waals surface area (Å²) in [5.41, 5.74) is -0.0207. The van der Waals surface area contributed by atoms with Crippen molar-refractivity contribution in [1.82, 2.24) is 0 Å². The zero-order valence-corrected chi connectivity index (χ0v) is 22.2. The SMILES string of the molecule is CCCCCc1ccc(-c2cc3ccc(OCC(COC(=O)C(C)C)C(F)(F)F)cc3s2)c(C(F)(F)F)c1. The fourth-order valence-electron chi connectivity index (χ4n) is 3.79. The number of thiophene rings is 1. The topological polar surface area (TPSA) is 35.5 Å². The third kappa shape index (κ3) is 7.88. The molecule has 38 heavy (non-hydrogen) atoms. The molecule has 0 radical (unpaired) electrons. The number of esters is 1. The van der Waals surface area contributed by atoms with E-state index in [1.165, 1.54) is 38.1 Å². The Balaban J connectivity index is 1.81. The second-order valence-electron chi connectivity index (χ2n) is 9.48. The predicted octanol–water partition coefficient (Wildman–Crippen LogP) is 9.08. The average molecular weight is 561 g/mol. The molecule has 0 spiro atoms. The molecule has 10 heteroatoms. The Hall–Kier alpha value is -2.75. The first-order valence-corrected chi connectivity index (χ1v) is 13.2. The number of halogens is 6. The third-order valence-corrected chi connectivity index (χ3v) is 7.16. The highest BCUT2D eigenvalue weighted by atomic mass is 32.1. The quantitative estimate of drug-likeness (QED) is 0.133. The van der Waals surface area contributed by atoms with Crippen molar-refractivity contribution in [3.05, 3.63) is 53.6 Å². The molecule has 0 fully saturated rings. The van der Waals surface area contributed by atoms with Gasteiger partial charge in [-0.25, -0.2) is 0 Å². The van der Waals surface area contributed by atoms with Crippen LogP contribution in [0, 0.1) is 11.8 Å². The van der Waals surface area contributed by atoms with Crippen LogP contribution in [0.15, 0.2) is 42.5 Å². The third-order valence-electron chi connectivity index (χ3n) is 6.03. The number of carbonyl (C=O) groups is 1. The molecule has 0 saturated heterocycles. The number of benzene rings is 2. The van der Waals surface area contributed by atoms with Gasteiger partial charge in [0.25, 0.3) is 0 Å². The minimum atomic E-state index is -4.64. The van der Waals surface area contributed by atoms with Crippen LogP contribution in [0.5, 0.6) is 5.75 Å². The highest BCUT2D eigenvalue weighted by Gasteiger charge is 2.41. The summed E-state index contributed by atoms with van der Waals surface area (Å²) in [7, 11) is 0. The van der Waals surface area contributed by atoms with Crippen LogP contribution in [0.2, 0.25) is 0 Å². The van der Waals surface area contributed by atoms with Crippen molar-refractivity contribution >= 4 is 27.4 Å². The molecule has 0 bridgehead atoms. The van der Waals surface area contributed by atoms with E-state index in [4.69, 9.17) is 9.47 Å². The zero-order chi connectivity index (χ0) is 28.1. The number of unbranched alkanes of at least 4 members (excludes halogenated alkanes) is 2. The first-order valence-electron chi connectivity index (χ1n) is 12.4. The molecular weight excluding hydrogens is 530 g/mol. The summed E-state index contributed by atoms with van der Waals surface area (Å²) in [5.74, 6) is -3.18. The number of carbonyl (C=O) groups excluding carboxylic acids is 1. The van der Waals surface area contributed by atoms with E-state index < -0.39 is 48.9 Å². The van der Waals surface area contributed by atoms with Gasteiger partial charge in [-0.15, -0.1) is 11.3 Å². The van der Waals surface area contributed by atoms with Crippen LogP contribution in [0.4, 0.5) is 26.3 Å². The molecule has 3 rings (SSSR count). The van der Waals surface area contributed by atoms with Gasteiger partial charge >= 0.3 is 18.3 Å². The second kappa shape index (κ2) is 12.4. The van der Waals surface area contributed by atoms with Gasteiger partial charge in [-0.3, -0.25) is 4.79 Å².